The maximum Gasteiger partial charge on any atom is 0.411 e. The molecule has 2 N–H and O–H groups in total. The van der Waals surface area contributed by atoms with Crippen molar-refractivity contribution < 1.29 is 27.4 Å². The third-order valence-corrected chi connectivity index (χ3v) is 4.43. The summed E-state index contributed by atoms with van der Waals surface area (Å²) in [5, 5.41) is 2.48. The third kappa shape index (κ3) is 5.99. The summed E-state index contributed by atoms with van der Waals surface area (Å²) in [5.74, 6) is 0.356. The van der Waals surface area contributed by atoms with Crippen LogP contribution in [0, 0.1) is 0 Å². The maximum absolute atomic E-state index is 12.4. The number of benzene rings is 1. The van der Waals surface area contributed by atoms with Crippen LogP contribution in [0.4, 0.5) is 10.5 Å². The highest BCUT2D eigenvalue weighted by Gasteiger charge is 2.20. The molecule has 24 heavy (non-hydrogen) atoms. The van der Waals surface area contributed by atoms with Crippen molar-refractivity contribution in [3.63, 3.8) is 0 Å². The van der Waals surface area contributed by atoms with E-state index in [2.05, 4.69) is 10.0 Å². The van der Waals surface area contributed by atoms with Gasteiger partial charge in [0.25, 0.3) is 0 Å². The molecule has 1 rings (SSSR count). The molecule has 0 aromatic heterocycles. The van der Waals surface area contributed by atoms with Crippen molar-refractivity contribution in [2.24, 2.45) is 0 Å². The smallest absolute Gasteiger partial charge is 0.411 e. The second kappa shape index (κ2) is 9.45. The lowest BCUT2D eigenvalue weighted by Gasteiger charge is -2.16. The Balaban J connectivity index is 3.10. The molecule has 0 saturated heterocycles. The van der Waals surface area contributed by atoms with Crippen LogP contribution in [0.1, 0.15) is 20.8 Å². The summed E-state index contributed by atoms with van der Waals surface area (Å²) in [7, 11) is -2.27. The molecule has 136 valence electrons. The number of methoxy groups -OCH3 is 1. The molecule has 0 aliphatic carbocycles. The zero-order chi connectivity index (χ0) is 18.2. The highest BCUT2D eigenvalue weighted by atomic mass is 32.2. The topological polar surface area (TPSA) is 103 Å². The number of carbonyl (C=O) groups is 1. The Morgan fingerprint density at radius 2 is 1.96 bits per heavy atom. The molecule has 9 heteroatoms. The standard InChI is InChI=1S/C15H24N2O6S/c1-5-22-14-8-7-12(9-13(14)16-15(18)23-6-2)24(19,20)17-11(3)10-21-4/h7-9,11,17H,5-6,10H2,1-4H3,(H,16,18)/t11-/m0/s1. The van der Waals surface area contributed by atoms with Crippen molar-refractivity contribution in [1.82, 2.24) is 4.72 Å². The molecule has 1 amide bonds. The lowest BCUT2D eigenvalue weighted by Crippen LogP contribution is -2.35. The summed E-state index contributed by atoms with van der Waals surface area (Å²) in [6.45, 7) is 5.95. The van der Waals surface area contributed by atoms with E-state index < -0.39 is 22.2 Å². The second-order valence-electron chi connectivity index (χ2n) is 4.91. The van der Waals surface area contributed by atoms with E-state index in [9.17, 15) is 13.2 Å². The molecule has 1 atom stereocenters. The van der Waals surface area contributed by atoms with Gasteiger partial charge in [0.15, 0.2) is 0 Å². The average Bonchev–Trinajstić information content (AvgIpc) is 2.49. The van der Waals surface area contributed by atoms with Crippen LogP contribution in [0.25, 0.3) is 0 Å². The van der Waals surface area contributed by atoms with Gasteiger partial charge in [-0.2, -0.15) is 0 Å². The van der Waals surface area contributed by atoms with Gasteiger partial charge in [-0.25, -0.2) is 17.9 Å². The molecule has 0 heterocycles. The van der Waals surface area contributed by atoms with E-state index in [0.717, 1.165) is 0 Å². The van der Waals surface area contributed by atoms with E-state index in [1.807, 2.05) is 0 Å². The summed E-state index contributed by atoms with van der Waals surface area (Å²) in [5.41, 5.74) is 0.220. The van der Waals surface area contributed by atoms with Crippen molar-refractivity contribution in [2.45, 2.75) is 31.7 Å². The summed E-state index contributed by atoms with van der Waals surface area (Å²) in [6.07, 6.45) is -0.686. The first-order valence-electron chi connectivity index (χ1n) is 7.55. The minimum atomic E-state index is -3.76. The Hall–Kier alpha value is -1.84. The second-order valence-corrected chi connectivity index (χ2v) is 6.63. The molecule has 0 unspecified atom stereocenters. The predicted molar refractivity (Wildman–Crippen MR) is 89.9 cm³/mol. The van der Waals surface area contributed by atoms with Crippen LogP contribution >= 0.6 is 0 Å². The van der Waals surface area contributed by atoms with E-state index in [-0.39, 0.29) is 23.8 Å². The fourth-order valence-corrected chi connectivity index (χ4v) is 3.20. The maximum atomic E-state index is 12.4. The van der Waals surface area contributed by atoms with Crippen LogP contribution in [0.5, 0.6) is 5.75 Å². The number of nitrogens with one attached hydrogen (secondary N) is 2. The zero-order valence-corrected chi connectivity index (χ0v) is 15.1. The van der Waals surface area contributed by atoms with E-state index in [4.69, 9.17) is 14.2 Å². The lowest BCUT2D eigenvalue weighted by molar-refractivity contribution is 0.167. The van der Waals surface area contributed by atoms with Gasteiger partial charge in [-0.1, -0.05) is 0 Å². The van der Waals surface area contributed by atoms with Crippen molar-refractivity contribution in [3.05, 3.63) is 18.2 Å². The van der Waals surface area contributed by atoms with Gasteiger partial charge in [-0.3, -0.25) is 5.32 Å². The summed E-state index contributed by atoms with van der Waals surface area (Å²) < 4.78 is 42.4. The molecular weight excluding hydrogens is 336 g/mol. The molecule has 0 fully saturated rings. The van der Waals surface area contributed by atoms with E-state index in [1.165, 1.54) is 25.3 Å². The van der Waals surface area contributed by atoms with Gasteiger partial charge in [0.1, 0.15) is 5.75 Å². The first-order chi connectivity index (χ1) is 11.3. The first-order valence-corrected chi connectivity index (χ1v) is 9.04. The Labute approximate surface area is 142 Å². The van der Waals surface area contributed by atoms with Crippen LogP contribution in [-0.2, 0) is 19.5 Å². The zero-order valence-electron chi connectivity index (χ0n) is 14.3. The normalized spacial score (nSPS) is 12.5. The number of carbonyl (C=O) groups excluding carboxylic acids is 1. The van der Waals surface area contributed by atoms with Crippen LogP contribution in [0.15, 0.2) is 23.1 Å². The van der Waals surface area contributed by atoms with Crippen molar-refractivity contribution in [3.8, 4) is 5.75 Å². The predicted octanol–water partition coefficient (Wildman–Crippen LogP) is 1.97. The molecule has 0 aliphatic rings. The Morgan fingerprint density at radius 1 is 1.25 bits per heavy atom. The van der Waals surface area contributed by atoms with Gasteiger partial charge in [0, 0.05) is 13.2 Å². The monoisotopic (exact) mass is 360 g/mol. The minimum absolute atomic E-state index is 0.000652. The fraction of sp³-hybridized carbons (Fsp3) is 0.533. The molecule has 8 nitrogen and oxygen atoms in total. The van der Waals surface area contributed by atoms with Gasteiger partial charge in [0.05, 0.1) is 30.4 Å². The Kier molecular flexibility index (Phi) is 7.96. The summed E-state index contributed by atoms with van der Waals surface area (Å²) >= 11 is 0. The average molecular weight is 360 g/mol. The highest BCUT2D eigenvalue weighted by molar-refractivity contribution is 7.89. The Morgan fingerprint density at radius 3 is 2.54 bits per heavy atom. The van der Waals surface area contributed by atoms with Crippen LogP contribution in [-0.4, -0.2) is 47.5 Å². The number of ether oxygens (including phenoxy) is 3. The quantitative estimate of drug-likeness (QED) is 0.698. The molecule has 0 bridgehead atoms. The number of amides is 1. The molecular formula is C15H24N2O6S. The SMILES string of the molecule is CCOC(=O)Nc1cc(S(=O)(=O)N[C@@H](C)COC)ccc1OCC. The van der Waals surface area contributed by atoms with Crippen molar-refractivity contribution in [2.75, 3.05) is 32.2 Å². The number of hydrogen-bond donors (Lipinski definition) is 2. The summed E-state index contributed by atoms with van der Waals surface area (Å²) in [4.78, 5) is 11.6. The highest BCUT2D eigenvalue weighted by Crippen LogP contribution is 2.28. The van der Waals surface area contributed by atoms with E-state index in [0.29, 0.717) is 12.4 Å². The molecule has 1 aromatic rings. The van der Waals surface area contributed by atoms with Gasteiger partial charge in [0.2, 0.25) is 10.0 Å². The summed E-state index contributed by atoms with van der Waals surface area (Å²) in [6, 6.07) is 3.82. The minimum Gasteiger partial charge on any atom is -0.492 e. The van der Waals surface area contributed by atoms with Crippen LogP contribution in [0.2, 0.25) is 0 Å². The van der Waals surface area contributed by atoms with Gasteiger partial charge in [-0.05, 0) is 39.0 Å². The lowest BCUT2D eigenvalue weighted by atomic mass is 10.3. The van der Waals surface area contributed by atoms with Crippen LogP contribution in [0.3, 0.4) is 0 Å². The molecule has 0 saturated carbocycles. The first kappa shape index (κ1) is 20.2. The van der Waals surface area contributed by atoms with Crippen LogP contribution < -0.4 is 14.8 Å². The largest absolute Gasteiger partial charge is 0.492 e. The third-order valence-electron chi connectivity index (χ3n) is 2.85. The number of rotatable bonds is 9. The van der Waals surface area contributed by atoms with Gasteiger partial charge in [-0.15, -0.1) is 0 Å². The van der Waals surface area contributed by atoms with E-state index in [1.54, 1.807) is 20.8 Å². The van der Waals surface area contributed by atoms with Crippen molar-refractivity contribution >= 4 is 21.8 Å². The van der Waals surface area contributed by atoms with E-state index >= 15 is 0 Å². The Bertz CT molecular complexity index is 647. The van der Waals surface area contributed by atoms with Crippen molar-refractivity contribution in [1.29, 1.82) is 0 Å². The fourth-order valence-electron chi connectivity index (χ4n) is 1.95. The molecule has 0 radical (unpaired) electrons. The number of anilines is 1. The molecule has 0 aliphatic heterocycles. The van der Waals surface area contributed by atoms with Gasteiger partial charge >= 0.3 is 6.09 Å². The number of hydrogen-bond acceptors (Lipinski definition) is 6. The molecule has 0 spiro atoms. The number of sulfonamides is 1. The molecule has 1 aromatic carbocycles. The van der Waals surface area contributed by atoms with Gasteiger partial charge < -0.3 is 14.2 Å².